The van der Waals surface area contributed by atoms with Gasteiger partial charge in [-0.1, -0.05) is 25.0 Å². The monoisotopic (exact) mass is 450 g/mol. The van der Waals surface area contributed by atoms with Crippen molar-refractivity contribution < 1.29 is 14.7 Å². The van der Waals surface area contributed by atoms with Crippen LogP contribution in [0.1, 0.15) is 38.5 Å². The number of nitrogens with zero attached hydrogens (tertiary/aromatic N) is 2. The second kappa shape index (κ2) is 11.2. The Balaban J connectivity index is 1.20. The van der Waals surface area contributed by atoms with Crippen LogP contribution in [-0.2, 0) is 9.59 Å². The van der Waals surface area contributed by atoms with E-state index in [-0.39, 0.29) is 23.5 Å². The molecule has 0 aromatic heterocycles. The number of carbonyl (C=O) groups excluding carboxylic acids is 2. The fraction of sp³-hybridized carbons (Fsp3) is 0.462. The number of para-hydroxylation sites is 2. The molecule has 2 heterocycles. The molecule has 0 spiro atoms. The van der Waals surface area contributed by atoms with Gasteiger partial charge in [0.15, 0.2) is 0 Å². The topological polar surface area (TPSA) is 84.9 Å². The van der Waals surface area contributed by atoms with E-state index in [4.69, 9.17) is 0 Å². The second-order valence-corrected chi connectivity index (χ2v) is 9.05. The highest BCUT2D eigenvalue weighted by Crippen LogP contribution is 2.25. The molecule has 2 saturated heterocycles. The van der Waals surface area contributed by atoms with E-state index in [0.29, 0.717) is 38.2 Å². The molecular formula is C26H34N4O3. The molecule has 0 saturated carbocycles. The zero-order chi connectivity index (χ0) is 23.0. The van der Waals surface area contributed by atoms with E-state index >= 15 is 0 Å². The first kappa shape index (κ1) is 23.1. The van der Waals surface area contributed by atoms with E-state index in [1.807, 2.05) is 12.1 Å². The van der Waals surface area contributed by atoms with Crippen LogP contribution in [0.15, 0.2) is 48.5 Å². The molecule has 4 rings (SSSR count). The Morgan fingerprint density at radius 3 is 2.18 bits per heavy atom. The van der Waals surface area contributed by atoms with Gasteiger partial charge in [0.1, 0.15) is 5.75 Å². The number of benzene rings is 2. The lowest BCUT2D eigenvalue weighted by molar-refractivity contribution is -0.121. The van der Waals surface area contributed by atoms with E-state index in [2.05, 4.69) is 32.6 Å². The molecule has 0 atom stereocenters. The van der Waals surface area contributed by atoms with E-state index in [9.17, 15) is 14.7 Å². The molecule has 2 aromatic rings. The highest BCUT2D eigenvalue weighted by molar-refractivity contribution is 5.94. The summed E-state index contributed by atoms with van der Waals surface area (Å²) >= 11 is 0. The van der Waals surface area contributed by atoms with Crippen molar-refractivity contribution in [3.05, 3.63) is 48.5 Å². The van der Waals surface area contributed by atoms with Crippen molar-refractivity contribution in [3.8, 4) is 5.75 Å². The molecular weight excluding hydrogens is 416 g/mol. The molecule has 3 N–H and O–H groups in total. The number of rotatable bonds is 6. The van der Waals surface area contributed by atoms with Crippen molar-refractivity contribution in [1.82, 2.24) is 4.90 Å². The minimum Gasteiger partial charge on any atom is -0.506 e. The number of likely N-dealkylation sites (tertiary alicyclic amines) is 1. The Morgan fingerprint density at radius 1 is 0.848 bits per heavy atom. The predicted octanol–water partition coefficient (Wildman–Crippen LogP) is 4.06. The van der Waals surface area contributed by atoms with Crippen LogP contribution in [0.4, 0.5) is 17.1 Å². The van der Waals surface area contributed by atoms with Gasteiger partial charge < -0.3 is 20.6 Å². The van der Waals surface area contributed by atoms with Crippen molar-refractivity contribution in [3.63, 3.8) is 0 Å². The zero-order valence-electron chi connectivity index (χ0n) is 19.1. The van der Waals surface area contributed by atoms with Crippen LogP contribution in [0.2, 0.25) is 0 Å². The SMILES string of the molecule is O=C(CN1CCC(C(=O)Nc2ccccc2O)CC1)Nc1ccc(N2CCCCCC2)cc1. The standard InChI is InChI=1S/C26H34N4O3/c31-24-8-4-3-7-23(24)28-26(33)20-13-17-29(18-14-20)19-25(32)27-21-9-11-22(12-10-21)30-15-5-1-2-6-16-30/h3-4,7-12,20,31H,1-2,5-6,13-19H2,(H,27,32)(H,28,33). The average molecular weight is 451 g/mol. The van der Waals surface area contributed by atoms with Crippen LogP contribution in [0.3, 0.4) is 0 Å². The van der Waals surface area contributed by atoms with Gasteiger partial charge in [-0.25, -0.2) is 0 Å². The summed E-state index contributed by atoms with van der Waals surface area (Å²) in [5.41, 5.74) is 2.47. The van der Waals surface area contributed by atoms with E-state index in [0.717, 1.165) is 18.8 Å². The second-order valence-electron chi connectivity index (χ2n) is 9.05. The number of aromatic hydroxyl groups is 1. The highest BCUT2D eigenvalue weighted by Gasteiger charge is 2.26. The van der Waals surface area contributed by atoms with Gasteiger partial charge in [0.2, 0.25) is 11.8 Å². The summed E-state index contributed by atoms with van der Waals surface area (Å²) in [5.74, 6) is -0.158. The van der Waals surface area contributed by atoms with Crippen molar-refractivity contribution in [2.24, 2.45) is 5.92 Å². The maximum Gasteiger partial charge on any atom is 0.238 e. The molecule has 0 bridgehead atoms. The molecule has 0 aliphatic carbocycles. The number of amides is 2. The largest absolute Gasteiger partial charge is 0.506 e. The molecule has 2 aliphatic heterocycles. The summed E-state index contributed by atoms with van der Waals surface area (Å²) < 4.78 is 0. The van der Waals surface area contributed by atoms with Crippen LogP contribution >= 0.6 is 0 Å². The van der Waals surface area contributed by atoms with Gasteiger partial charge in [0.05, 0.1) is 12.2 Å². The number of hydrogen-bond acceptors (Lipinski definition) is 5. The molecule has 2 aromatic carbocycles. The number of nitrogens with one attached hydrogen (secondary N) is 2. The first-order valence-corrected chi connectivity index (χ1v) is 12.0. The third-order valence-corrected chi connectivity index (χ3v) is 6.61. The fourth-order valence-corrected chi connectivity index (χ4v) is 4.66. The summed E-state index contributed by atoms with van der Waals surface area (Å²) in [5, 5.41) is 15.7. The van der Waals surface area contributed by atoms with Crippen molar-refractivity contribution in [2.45, 2.75) is 38.5 Å². The lowest BCUT2D eigenvalue weighted by Gasteiger charge is -2.30. The van der Waals surface area contributed by atoms with E-state index in [1.54, 1.807) is 24.3 Å². The van der Waals surface area contributed by atoms with Crippen LogP contribution in [0.5, 0.6) is 5.75 Å². The number of piperidine rings is 1. The Bertz CT molecular complexity index is 931. The van der Waals surface area contributed by atoms with Gasteiger partial charge in [0.25, 0.3) is 0 Å². The minimum atomic E-state index is -0.115. The van der Waals surface area contributed by atoms with Crippen LogP contribution in [-0.4, -0.2) is 54.5 Å². The summed E-state index contributed by atoms with van der Waals surface area (Å²) in [6, 6.07) is 14.9. The van der Waals surface area contributed by atoms with Gasteiger partial charge >= 0.3 is 0 Å². The molecule has 7 heteroatoms. The first-order valence-electron chi connectivity index (χ1n) is 12.0. The van der Waals surface area contributed by atoms with Crippen molar-refractivity contribution in [1.29, 1.82) is 0 Å². The van der Waals surface area contributed by atoms with Crippen LogP contribution < -0.4 is 15.5 Å². The van der Waals surface area contributed by atoms with Gasteiger partial charge in [-0.3, -0.25) is 14.5 Å². The molecule has 0 radical (unpaired) electrons. The van der Waals surface area contributed by atoms with Gasteiger partial charge in [-0.05, 0) is 75.2 Å². The van der Waals surface area contributed by atoms with E-state index < -0.39 is 0 Å². The van der Waals surface area contributed by atoms with Gasteiger partial charge in [-0.2, -0.15) is 0 Å². The molecule has 2 aliphatic rings. The smallest absolute Gasteiger partial charge is 0.238 e. The third kappa shape index (κ3) is 6.48. The lowest BCUT2D eigenvalue weighted by Crippen LogP contribution is -2.41. The Hall–Kier alpha value is -3.06. The number of phenolic OH excluding ortho intramolecular Hbond substituents is 1. The summed E-state index contributed by atoms with van der Waals surface area (Å²) in [6.45, 7) is 3.92. The Kier molecular flexibility index (Phi) is 7.83. The Morgan fingerprint density at radius 2 is 1.52 bits per heavy atom. The quantitative estimate of drug-likeness (QED) is 0.578. The Labute approximate surface area is 195 Å². The number of carbonyl (C=O) groups is 2. The van der Waals surface area contributed by atoms with Crippen LogP contribution in [0, 0.1) is 5.92 Å². The maximum atomic E-state index is 12.5. The number of phenols is 1. The lowest BCUT2D eigenvalue weighted by atomic mass is 9.95. The summed E-state index contributed by atoms with van der Waals surface area (Å²) in [7, 11) is 0. The predicted molar refractivity (Wildman–Crippen MR) is 132 cm³/mol. The van der Waals surface area contributed by atoms with Crippen molar-refractivity contribution in [2.75, 3.05) is 48.3 Å². The highest BCUT2D eigenvalue weighted by atomic mass is 16.3. The maximum absolute atomic E-state index is 12.5. The summed E-state index contributed by atoms with van der Waals surface area (Å²) in [6.07, 6.45) is 6.48. The van der Waals surface area contributed by atoms with E-state index in [1.165, 1.54) is 31.4 Å². The normalized spacial score (nSPS) is 17.9. The zero-order valence-corrected chi connectivity index (χ0v) is 19.1. The molecule has 2 fully saturated rings. The fourth-order valence-electron chi connectivity index (χ4n) is 4.66. The molecule has 2 amide bonds. The van der Waals surface area contributed by atoms with Gasteiger partial charge in [0, 0.05) is 30.4 Å². The molecule has 7 nitrogen and oxygen atoms in total. The molecule has 176 valence electrons. The third-order valence-electron chi connectivity index (χ3n) is 6.61. The minimum absolute atomic E-state index is 0.0327. The molecule has 33 heavy (non-hydrogen) atoms. The molecule has 0 unspecified atom stereocenters. The number of anilines is 3. The van der Waals surface area contributed by atoms with Gasteiger partial charge in [-0.15, -0.1) is 0 Å². The summed E-state index contributed by atoms with van der Waals surface area (Å²) in [4.78, 5) is 29.6. The average Bonchev–Trinajstić information content (AvgIpc) is 3.11. The van der Waals surface area contributed by atoms with Crippen molar-refractivity contribution >= 4 is 28.9 Å². The van der Waals surface area contributed by atoms with Crippen LogP contribution in [0.25, 0.3) is 0 Å². The number of hydrogen-bond donors (Lipinski definition) is 3. The first-order chi connectivity index (χ1) is 16.1.